The molecule has 2 amide bonds. The van der Waals surface area contributed by atoms with Crippen molar-refractivity contribution in [2.24, 2.45) is 0 Å². The van der Waals surface area contributed by atoms with Crippen LogP contribution in [-0.4, -0.2) is 21.8 Å². The van der Waals surface area contributed by atoms with Gasteiger partial charge in [0.25, 0.3) is 5.91 Å². The van der Waals surface area contributed by atoms with Gasteiger partial charge in [-0.2, -0.15) is 0 Å². The molecule has 0 saturated carbocycles. The van der Waals surface area contributed by atoms with E-state index in [-0.39, 0.29) is 11.8 Å². The lowest BCUT2D eigenvalue weighted by atomic mass is 10.1. The predicted molar refractivity (Wildman–Crippen MR) is 92.7 cm³/mol. The molecule has 0 radical (unpaired) electrons. The third-order valence-corrected chi connectivity index (χ3v) is 3.40. The average Bonchev–Trinajstić information content (AvgIpc) is 3.09. The molecule has 0 aliphatic carbocycles. The lowest BCUT2D eigenvalue weighted by Crippen LogP contribution is -2.13. The molecule has 3 aromatic rings. The second kappa shape index (κ2) is 6.78. The summed E-state index contributed by atoms with van der Waals surface area (Å²) in [5.74, 6) is -0.418. The summed E-state index contributed by atoms with van der Waals surface area (Å²) in [6.07, 6.45) is 3.36. The largest absolute Gasteiger partial charge is 0.345 e. The fraction of sp³-hybridized carbons (Fsp3) is 0.0556. The van der Waals surface area contributed by atoms with Crippen molar-refractivity contribution in [1.29, 1.82) is 0 Å². The Morgan fingerprint density at radius 3 is 2.46 bits per heavy atom. The van der Waals surface area contributed by atoms with E-state index in [1.165, 1.54) is 6.92 Å². The van der Waals surface area contributed by atoms with Crippen LogP contribution in [0.15, 0.2) is 61.1 Å². The molecule has 0 spiro atoms. The Balaban J connectivity index is 1.71. The molecule has 0 saturated heterocycles. The fourth-order valence-electron chi connectivity index (χ4n) is 2.29. The molecule has 0 aliphatic heterocycles. The molecular weight excluding hydrogens is 304 g/mol. The van der Waals surface area contributed by atoms with Crippen LogP contribution in [0.4, 0.5) is 11.4 Å². The lowest BCUT2D eigenvalue weighted by Gasteiger charge is -2.08. The molecule has 120 valence electrons. The Morgan fingerprint density at radius 1 is 1.00 bits per heavy atom. The first-order valence-corrected chi connectivity index (χ1v) is 7.39. The summed E-state index contributed by atoms with van der Waals surface area (Å²) in [7, 11) is 0. The number of rotatable bonds is 4. The van der Waals surface area contributed by atoms with E-state index in [1.54, 1.807) is 36.8 Å². The van der Waals surface area contributed by atoms with Gasteiger partial charge in [0.05, 0.1) is 18.2 Å². The van der Waals surface area contributed by atoms with E-state index in [2.05, 4.69) is 20.6 Å². The van der Waals surface area contributed by atoms with Crippen molar-refractivity contribution in [3.05, 3.63) is 66.6 Å². The highest BCUT2D eigenvalue weighted by molar-refractivity contribution is 6.05. The van der Waals surface area contributed by atoms with E-state index in [4.69, 9.17) is 0 Å². The zero-order chi connectivity index (χ0) is 16.9. The smallest absolute Gasteiger partial charge is 0.255 e. The van der Waals surface area contributed by atoms with Gasteiger partial charge in [0.15, 0.2) is 0 Å². The summed E-state index contributed by atoms with van der Waals surface area (Å²) in [4.78, 5) is 30.4. The van der Waals surface area contributed by atoms with Gasteiger partial charge in [-0.1, -0.05) is 18.2 Å². The van der Waals surface area contributed by atoms with Crippen LogP contribution < -0.4 is 10.6 Å². The minimum Gasteiger partial charge on any atom is -0.345 e. The molecule has 0 aliphatic rings. The van der Waals surface area contributed by atoms with Crippen LogP contribution >= 0.6 is 0 Å². The number of aromatic amines is 1. The number of anilines is 2. The van der Waals surface area contributed by atoms with E-state index in [1.807, 2.05) is 24.3 Å². The van der Waals surface area contributed by atoms with Crippen molar-refractivity contribution < 1.29 is 9.59 Å². The number of benzene rings is 2. The Labute approximate surface area is 138 Å². The Morgan fingerprint density at radius 2 is 1.79 bits per heavy atom. The van der Waals surface area contributed by atoms with Crippen LogP contribution in [0.25, 0.3) is 11.3 Å². The molecule has 24 heavy (non-hydrogen) atoms. The number of amides is 2. The van der Waals surface area contributed by atoms with Gasteiger partial charge in [-0.05, 0) is 35.9 Å². The summed E-state index contributed by atoms with van der Waals surface area (Å²) in [5, 5.41) is 5.49. The summed E-state index contributed by atoms with van der Waals surface area (Å²) >= 11 is 0. The minimum absolute atomic E-state index is 0.179. The van der Waals surface area contributed by atoms with Crippen molar-refractivity contribution in [2.75, 3.05) is 10.6 Å². The van der Waals surface area contributed by atoms with Gasteiger partial charge in [0.2, 0.25) is 5.91 Å². The molecule has 1 aromatic heterocycles. The average molecular weight is 320 g/mol. The maximum atomic E-state index is 12.3. The monoisotopic (exact) mass is 320 g/mol. The minimum atomic E-state index is -0.239. The summed E-state index contributed by atoms with van der Waals surface area (Å²) in [6.45, 7) is 1.42. The van der Waals surface area contributed by atoms with Crippen LogP contribution in [0, 0.1) is 0 Å². The van der Waals surface area contributed by atoms with E-state index < -0.39 is 0 Å². The Bertz CT molecular complexity index is 855. The fourth-order valence-corrected chi connectivity index (χ4v) is 2.29. The van der Waals surface area contributed by atoms with Crippen LogP contribution in [0.1, 0.15) is 17.3 Å². The number of carbonyl (C=O) groups is 2. The second-order valence-electron chi connectivity index (χ2n) is 5.26. The Kier molecular flexibility index (Phi) is 4.38. The van der Waals surface area contributed by atoms with Crippen molar-refractivity contribution >= 4 is 23.2 Å². The molecule has 0 bridgehead atoms. The normalized spacial score (nSPS) is 10.2. The van der Waals surface area contributed by atoms with Crippen molar-refractivity contribution in [2.45, 2.75) is 6.92 Å². The van der Waals surface area contributed by atoms with Crippen LogP contribution in [0.3, 0.4) is 0 Å². The standard InChI is InChI=1S/C18H16N4O2/c1-12(23)21-16-4-2-3-14(9-16)18(24)22-15-7-5-13(6-8-15)17-10-19-11-20-17/h2-11H,1H3,(H,19,20)(H,21,23)(H,22,24). The number of hydrogen-bond acceptors (Lipinski definition) is 3. The number of imidazole rings is 1. The molecular formula is C18H16N4O2. The molecule has 6 heteroatoms. The first-order valence-electron chi connectivity index (χ1n) is 7.39. The van der Waals surface area contributed by atoms with Gasteiger partial charge >= 0.3 is 0 Å². The molecule has 0 unspecified atom stereocenters. The highest BCUT2D eigenvalue weighted by Gasteiger charge is 2.08. The van der Waals surface area contributed by atoms with Gasteiger partial charge in [-0.3, -0.25) is 9.59 Å². The second-order valence-corrected chi connectivity index (χ2v) is 5.26. The maximum Gasteiger partial charge on any atom is 0.255 e. The maximum absolute atomic E-state index is 12.3. The van der Waals surface area contributed by atoms with Crippen molar-refractivity contribution in [1.82, 2.24) is 9.97 Å². The topological polar surface area (TPSA) is 86.9 Å². The van der Waals surface area contributed by atoms with Crippen LogP contribution in [0.5, 0.6) is 0 Å². The molecule has 0 fully saturated rings. The van der Waals surface area contributed by atoms with Crippen molar-refractivity contribution in [3.8, 4) is 11.3 Å². The number of H-pyrrole nitrogens is 1. The molecule has 1 heterocycles. The summed E-state index contributed by atoms with van der Waals surface area (Å²) in [6, 6.07) is 14.2. The summed E-state index contributed by atoms with van der Waals surface area (Å²) < 4.78 is 0. The van der Waals surface area contributed by atoms with Gasteiger partial charge in [0.1, 0.15) is 0 Å². The number of nitrogens with zero attached hydrogens (tertiary/aromatic N) is 1. The highest BCUT2D eigenvalue weighted by atomic mass is 16.2. The molecule has 3 N–H and O–H groups in total. The number of nitrogens with one attached hydrogen (secondary N) is 3. The quantitative estimate of drug-likeness (QED) is 0.689. The van der Waals surface area contributed by atoms with Gasteiger partial charge in [0, 0.05) is 23.9 Å². The van der Waals surface area contributed by atoms with Crippen LogP contribution in [0.2, 0.25) is 0 Å². The summed E-state index contributed by atoms with van der Waals surface area (Å²) in [5.41, 5.74) is 3.64. The third kappa shape index (κ3) is 3.67. The molecule has 2 aromatic carbocycles. The first-order chi connectivity index (χ1) is 11.6. The zero-order valence-electron chi connectivity index (χ0n) is 13.0. The van der Waals surface area contributed by atoms with E-state index in [9.17, 15) is 9.59 Å². The number of hydrogen-bond donors (Lipinski definition) is 3. The highest BCUT2D eigenvalue weighted by Crippen LogP contribution is 2.19. The molecule has 0 atom stereocenters. The number of aromatic nitrogens is 2. The van der Waals surface area contributed by atoms with Crippen LogP contribution in [-0.2, 0) is 4.79 Å². The Hall–Kier alpha value is -3.41. The number of carbonyl (C=O) groups excluding carboxylic acids is 2. The zero-order valence-corrected chi connectivity index (χ0v) is 13.0. The van der Waals surface area contributed by atoms with E-state index >= 15 is 0 Å². The molecule has 3 rings (SSSR count). The first kappa shape index (κ1) is 15.5. The van der Waals surface area contributed by atoms with Gasteiger partial charge in [-0.15, -0.1) is 0 Å². The van der Waals surface area contributed by atoms with Gasteiger partial charge < -0.3 is 15.6 Å². The predicted octanol–water partition coefficient (Wildman–Crippen LogP) is 3.29. The SMILES string of the molecule is CC(=O)Nc1cccc(C(=O)Nc2ccc(-c3cnc[nH]3)cc2)c1. The third-order valence-electron chi connectivity index (χ3n) is 3.40. The van der Waals surface area contributed by atoms with E-state index in [0.717, 1.165) is 11.3 Å². The molecule has 6 nitrogen and oxygen atoms in total. The van der Waals surface area contributed by atoms with E-state index in [0.29, 0.717) is 16.9 Å². The lowest BCUT2D eigenvalue weighted by molar-refractivity contribution is -0.114. The van der Waals surface area contributed by atoms with Crippen molar-refractivity contribution in [3.63, 3.8) is 0 Å². The van der Waals surface area contributed by atoms with Gasteiger partial charge in [-0.25, -0.2) is 4.98 Å².